The smallest absolute Gasteiger partial charge is 0.325 e. The molecule has 122 valence electrons. The number of fused-ring (bicyclic) bond motifs is 2. The number of thiazole rings is 1. The van der Waals surface area contributed by atoms with Crippen molar-refractivity contribution in [3.8, 4) is 11.5 Å². The Morgan fingerprint density at radius 1 is 1.12 bits per heavy atom. The number of nitrogens with one attached hydrogen (secondary N) is 2. The molecule has 0 saturated heterocycles. The molecule has 2 amide bonds. The first-order valence-corrected chi connectivity index (χ1v) is 8.40. The lowest BCUT2D eigenvalue weighted by molar-refractivity contribution is 0.172. The minimum absolute atomic E-state index is 0.381. The topological polar surface area (TPSA) is 72.5 Å². The Labute approximate surface area is 146 Å². The van der Waals surface area contributed by atoms with Crippen molar-refractivity contribution in [3.05, 3.63) is 41.4 Å². The molecule has 6 nitrogen and oxygen atoms in total. The van der Waals surface area contributed by atoms with Crippen LogP contribution in [0.1, 0.15) is 0 Å². The molecule has 1 aliphatic rings. The molecule has 0 unspecified atom stereocenters. The Kier molecular flexibility index (Phi) is 3.87. The molecule has 1 aliphatic heterocycles. The maximum Gasteiger partial charge on any atom is 0.325 e. The molecule has 3 aromatic rings. The maximum absolute atomic E-state index is 12.1. The van der Waals surface area contributed by atoms with Crippen LogP contribution < -0.4 is 20.1 Å². The molecule has 2 N–H and O–H groups in total. The lowest BCUT2D eigenvalue weighted by Gasteiger charge is -2.17. The molecule has 0 bridgehead atoms. The Balaban J connectivity index is 1.52. The minimum atomic E-state index is -0.381. The van der Waals surface area contributed by atoms with Crippen LogP contribution in [-0.4, -0.2) is 24.2 Å². The lowest BCUT2D eigenvalue weighted by Crippen LogP contribution is -2.19. The molecular formula is C16H12ClN3O3S. The summed E-state index contributed by atoms with van der Waals surface area (Å²) in [6, 6.07) is 10.2. The Morgan fingerprint density at radius 3 is 2.71 bits per heavy atom. The van der Waals surface area contributed by atoms with E-state index in [1.807, 2.05) is 12.1 Å². The molecule has 1 aromatic heterocycles. The number of hydrogen-bond acceptors (Lipinski definition) is 5. The maximum atomic E-state index is 12.1. The number of nitrogens with zero attached hydrogens (tertiary/aromatic N) is 1. The first-order chi connectivity index (χ1) is 11.7. The largest absolute Gasteiger partial charge is 0.486 e. The van der Waals surface area contributed by atoms with Gasteiger partial charge in [-0.2, -0.15) is 0 Å². The van der Waals surface area contributed by atoms with Crippen molar-refractivity contribution in [1.82, 2.24) is 4.98 Å². The van der Waals surface area contributed by atoms with Gasteiger partial charge in [-0.1, -0.05) is 29.0 Å². The van der Waals surface area contributed by atoms with Gasteiger partial charge in [0.05, 0.1) is 10.2 Å². The number of halogens is 1. The van der Waals surface area contributed by atoms with Gasteiger partial charge in [-0.25, -0.2) is 9.78 Å². The van der Waals surface area contributed by atoms with Gasteiger partial charge in [0.25, 0.3) is 0 Å². The number of carbonyl (C=O) groups is 1. The van der Waals surface area contributed by atoms with Crippen LogP contribution in [0.4, 0.5) is 15.6 Å². The number of rotatable bonds is 2. The third-order valence-electron chi connectivity index (χ3n) is 3.36. The van der Waals surface area contributed by atoms with E-state index in [4.69, 9.17) is 21.1 Å². The van der Waals surface area contributed by atoms with Crippen LogP contribution in [0, 0.1) is 0 Å². The van der Waals surface area contributed by atoms with Crippen molar-refractivity contribution in [2.75, 3.05) is 23.8 Å². The second-order valence-corrected chi connectivity index (χ2v) is 6.54. The highest BCUT2D eigenvalue weighted by Crippen LogP contribution is 2.37. The molecule has 24 heavy (non-hydrogen) atoms. The van der Waals surface area contributed by atoms with Gasteiger partial charge < -0.3 is 14.8 Å². The number of anilines is 2. The second-order valence-electron chi connectivity index (χ2n) is 5.07. The molecular weight excluding hydrogens is 350 g/mol. The highest BCUT2D eigenvalue weighted by molar-refractivity contribution is 7.22. The van der Waals surface area contributed by atoms with Crippen LogP contribution in [0.5, 0.6) is 11.5 Å². The van der Waals surface area contributed by atoms with Gasteiger partial charge in [-0.05, 0) is 18.2 Å². The molecule has 0 spiro atoms. The SMILES string of the molecule is O=C(Nc1cccc(Cl)c1)Nc1nc2cc3c(cc2s1)OCCO3. The highest BCUT2D eigenvalue weighted by atomic mass is 35.5. The molecule has 0 aliphatic carbocycles. The highest BCUT2D eigenvalue weighted by Gasteiger charge is 2.16. The molecule has 4 rings (SSSR count). The minimum Gasteiger partial charge on any atom is -0.486 e. The number of hydrogen-bond donors (Lipinski definition) is 2. The van der Waals surface area contributed by atoms with Crippen molar-refractivity contribution in [3.63, 3.8) is 0 Å². The summed E-state index contributed by atoms with van der Waals surface area (Å²) in [6.45, 7) is 1.06. The van der Waals surface area contributed by atoms with Crippen LogP contribution in [0.3, 0.4) is 0 Å². The molecule has 0 saturated carbocycles. The zero-order chi connectivity index (χ0) is 16.5. The van der Waals surface area contributed by atoms with Crippen molar-refractivity contribution in [2.45, 2.75) is 0 Å². The average molecular weight is 362 g/mol. The first kappa shape index (κ1) is 15.0. The van der Waals surface area contributed by atoms with E-state index in [2.05, 4.69) is 15.6 Å². The van der Waals surface area contributed by atoms with E-state index in [1.165, 1.54) is 11.3 Å². The standard InChI is InChI=1S/C16H12ClN3O3S/c17-9-2-1-3-10(6-9)18-15(21)20-16-19-11-7-12-13(8-14(11)24-16)23-5-4-22-12/h1-3,6-8H,4-5H2,(H2,18,19,20,21). The summed E-state index contributed by atoms with van der Waals surface area (Å²) in [5.41, 5.74) is 1.36. The molecule has 0 radical (unpaired) electrons. The van der Waals surface area contributed by atoms with Crippen LogP contribution >= 0.6 is 22.9 Å². The summed E-state index contributed by atoms with van der Waals surface area (Å²) < 4.78 is 12.0. The quantitative estimate of drug-likeness (QED) is 0.711. The molecule has 0 atom stereocenters. The molecule has 0 fully saturated rings. The van der Waals surface area contributed by atoms with Crippen molar-refractivity contribution < 1.29 is 14.3 Å². The number of urea groups is 1. The Morgan fingerprint density at radius 2 is 1.92 bits per heavy atom. The molecule has 2 aromatic carbocycles. The number of aromatic nitrogens is 1. The zero-order valence-corrected chi connectivity index (χ0v) is 13.9. The van der Waals surface area contributed by atoms with E-state index >= 15 is 0 Å². The summed E-state index contributed by atoms with van der Waals surface area (Å²) in [4.78, 5) is 16.5. The van der Waals surface area contributed by atoms with E-state index in [0.717, 1.165) is 10.2 Å². The summed E-state index contributed by atoms with van der Waals surface area (Å²) in [7, 11) is 0. The van der Waals surface area contributed by atoms with Gasteiger partial charge >= 0.3 is 6.03 Å². The van der Waals surface area contributed by atoms with Crippen LogP contribution in [-0.2, 0) is 0 Å². The van der Waals surface area contributed by atoms with E-state index < -0.39 is 0 Å². The van der Waals surface area contributed by atoms with Crippen molar-refractivity contribution in [1.29, 1.82) is 0 Å². The first-order valence-electron chi connectivity index (χ1n) is 7.21. The fourth-order valence-electron chi connectivity index (χ4n) is 2.34. The number of carbonyl (C=O) groups excluding carboxylic acids is 1. The summed E-state index contributed by atoms with van der Waals surface area (Å²) in [5, 5.41) is 6.48. The molecule has 8 heteroatoms. The second kappa shape index (κ2) is 6.18. The van der Waals surface area contributed by atoms with Crippen LogP contribution in [0.15, 0.2) is 36.4 Å². The number of amides is 2. The summed E-state index contributed by atoms with van der Waals surface area (Å²) in [5.74, 6) is 1.38. The zero-order valence-electron chi connectivity index (χ0n) is 12.3. The predicted molar refractivity (Wildman–Crippen MR) is 94.7 cm³/mol. The number of benzene rings is 2. The normalized spacial score (nSPS) is 12.9. The number of ether oxygens (including phenoxy) is 2. The van der Waals surface area contributed by atoms with Gasteiger partial charge in [-0.15, -0.1) is 0 Å². The third kappa shape index (κ3) is 3.08. The third-order valence-corrected chi connectivity index (χ3v) is 4.52. The van der Waals surface area contributed by atoms with Crippen LogP contribution in [0.25, 0.3) is 10.2 Å². The average Bonchev–Trinajstić information content (AvgIpc) is 2.93. The molecule has 2 heterocycles. The monoisotopic (exact) mass is 361 g/mol. The van der Waals surface area contributed by atoms with Gasteiger partial charge in [0, 0.05) is 22.8 Å². The van der Waals surface area contributed by atoms with E-state index in [0.29, 0.717) is 40.6 Å². The fraction of sp³-hybridized carbons (Fsp3) is 0.125. The summed E-state index contributed by atoms with van der Waals surface area (Å²) in [6.07, 6.45) is 0. The van der Waals surface area contributed by atoms with E-state index in [9.17, 15) is 4.79 Å². The summed E-state index contributed by atoms with van der Waals surface area (Å²) >= 11 is 7.27. The van der Waals surface area contributed by atoms with E-state index in [1.54, 1.807) is 24.3 Å². The van der Waals surface area contributed by atoms with E-state index in [-0.39, 0.29) is 6.03 Å². The van der Waals surface area contributed by atoms with Crippen LogP contribution in [0.2, 0.25) is 5.02 Å². The van der Waals surface area contributed by atoms with Gasteiger partial charge in [0.2, 0.25) is 0 Å². The van der Waals surface area contributed by atoms with Crippen molar-refractivity contribution in [2.24, 2.45) is 0 Å². The van der Waals surface area contributed by atoms with Gasteiger partial charge in [0.15, 0.2) is 16.6 Å². The predicted octanol–water partition coefficient (Wildman–Crippen LogP) is 4.36. The van der Waals surface area contributed by atoms with Crippen molar-refractivity contribution >= 4 is 50.0 Å². The fourth-order valence-corrected chi connectivity index (χ4v) is 3.41. The lowest BCUT2D eigenvalue weighted by atomic mass is 10.3. The Hall–Kier alpha value is -2.51. The van der Waals surface area contributed by atoms with Gasteiger partial charge in [-0.3, -0.25) is 5.32 Å². The Bertz CT molecular complexity index is 885. The van der Waals surface area contributed by atoms with Gasteiger partial charge in [0.1, 0.15) is 13.2 Å².